The summed E-state index contributed by atoms with van der Waals surface area (Å²) in [5.74, 6) is 0.387. The van der Waals surface area contributed by atoms with E-state index in [9.17, 15) is 9.59 Å². The maximum atomic E-state index is 11.8. The van der Waals surface area contributed by atoms with Gasteiger partial charge < -0.3 is 10.3 Å². The summed E-state index contributed by atoms with van der Waals surface area (Å²) < 4.78 is 2.34. The third-order valence-electron chi connectivity index (χ3n) is 2.43. The minimum absolute atomic E-state index is 0.287. The molecule has 0 atom stereocenters. The normalized spacial score (nSPS) is 11.5. The van der Waals surface area contributed by atoms with Gasteiger partial charge in [0.1, 0.15) is 0 Å². The van der Waals surface area contributed by atoms with Gasteiger partial charge in [-0.3, -0.25) is 13.9 Å². The van der Waals surface area contributed by atoms with E-state index >= 15 is 0 Å². The SMILES string of the molecule is [CH2]C=CNc1nc2c([nH]1)c(=O)n(C)c(=O)n2C. The molecular formula is C10H12N5O2. The van der Waals surface area contributed by atoms with Gasteiger partial charge in [-0.05, 0) is 13.1 Å². The van der Waals surface area contributed by atoms with Crippen LogP contribution in [-0.2, 0) is 14.1 Å². The molecule has 2 aromatic rings. The molecule has 2 aromatic heterocycles. The molecule has 0 spiro atoms. The highest BCUT2D eigenvalue weighted by atomic mass is 16.2. The van der Waals surface area contributed by atoms with Crippen molar-refractivity contribution in [3.63, 3.8) is 0 Å². The number of anilines is 1. The Hall–Kier alpha value is -2.31. The molecule has 0 fully saturated rings. The van der Waals surface area contributed by atoms with E-state index in [1.54, 1.807) is 19.3 Å². The molecule has 0 unspecified atom stereocenters. The first-order valence-electron chi connectivity index (χ1n) is 4.92. The summed E-state index contributed by atoms with van der Waals surface area (Å²) in [6.45, 7) is 3.51. The van der Waals surface area contributed by atoms with E-state index in [0.717, 1.165) is 4.57 Å². The van der Waals surface area contributed by atoms with Gasteiger partial charge in [-0.15, -0.1) is 0 Å². The lowest BCUT2D eigenvalue weighted by atomic mass is 10.5. The Balaban J connectivity index is 2.77. The number of hydrogen-bond acceptors (Lipinski definition) is 4. The van der Waals surface area contributed by atoms with Crippen LogP contribution < -0.4 is 16.6 Å². The molecule has 0 amide bonds. The van der Waals surface area contributed by atoms with Crippen molar-refractivity contribution in [1.29, 1.82) is 0 Å². The fourth-order valence-electron chi connectivity index (χ4n) is 1.53. The summed E-state index contributed by atoms with van der Waals surface area (Å²) in [7, 11) is 2.99. The Labute approximate surface area is 96.4 Å². The van der Waals surface area contributed by atoms with Crippen LogP contribution >= 0.6 is 0 Å². The number of H-pyrrole nitrogens is 1. The number of imidazole rings is 1. The van der Waals surface area contributed by atoms with Gasteiger partial charge in [-0.25, -0.2) is 4.79 Å². The number of rotatable bonds is 2. The fraction of sp³-hybridized carbons (Fsp3) is 0.200. The number of hydrogen-bond donors (Lipinski definition) is 2. The highest BCUT2D eigenvalue weighted by Gasteiger charge is 2.12. The number of aromatic nitrogens is 4. The van der Waals surface area contributed by atoms with Gasteiger partial charge in [0.25, 0.3) is 5.56 Å². The van der Waals surface area contributed by atoms with Crippen LogP contribution in [0.2, 0.25) is 0 Å². The predicted octanol–water partition coefficient (Wildman–Crippen LogP) is -0.280. The summed E-state index contributed by atoms with van der Waals surface area (Å²) >= 11 is 0. The Morgan fingerprint density at radius 3 is 2.71 bits per heavy atom. The average Bonchev–Trinajstić information content (AvgIpc) is 2.75. The lowest BCUT2D eigenvalue weighted by Crippen LogP contribution is -2.36. The van der Waals surface area contributed by atoms with Gasteiger partial charge >= 0.3 is 5.69 Å². The lowest BCUT2D eigenvalue weighted by molar-refractivity contribution is 0.709. The molecule has 7 nitrogen and oxygen atoms in total. The number of fused-ring (bicyclic) bond motifs is 1. The van der Waals surface area contributed by atoms with Crippen molar-refractivity contribution in [2.75, 3.05) is 5.32 Å². The first-order chi connectivity index (χ1) is 8.06. The van der Waals surface area contributed by atoms with E-state index in [1.165, 1.54) is 11.6 Å². The number of allylic oxidation sites excluding steroid dienone is 1. The van der Waals surface area contributed by atoms with Crippen LogP contribution in [0.5, 0.6) is 0 Å². The van der Waals surface area contributed by atoms with Crippen molar-refractivity contribution >= 4 is 17.1 Å². The lowest BCUT2D eigenvalue weighted by Gasteiger charge is -2.00. The Kier molecular flexibility index (Phi) is 2.58. The third-order valence-corrected chi connectivity index (χ3v) is 2.43. The van der Waals surface area contributed by atoms with E-state index < -0.39 is 11.2 Å². The molecule has 7 heteroatoms. The fourth-order valence-corrected chi connectivity index (χ4v) is 1.53. The van der Waals surface area contributed by atoms with Gasteiger partial charge in [0.15, 0.2) is 11.2 Å². The van der Waals surface area contributed by atoms with E-state index in [2.05, 4.69) is 22.2 Å². The zero-order chi connectivity index (χ0) is 12.6. The van der Waals surface area contributed by atoms with Crippen molar-refractivity contribution in [3.05, 3.63) is 40.0 Å². The van der Waals surface area contributed by atoms with E-state index in [4.69, 9.17) is 0 Å². The van der Waals surface area contributed by atoms with Gasteiger partial charge in [-0.2, -0.15) is 4.98 Å². The van der Waals surface area contributed by atoms with Crippen LogP contribution in [0.15, 0.2) is 21.9 Å². The van der Waals surface area contributed by atoms with Crippen LogP contribution in [-0.4, -0.2) is 19.1 Å². The van der Waals surface area contributed by atoms with Crippen molar-refractivity contribution in [3.8, 4) is 0 Å². The minimum Gasteiger partial charge on any atom is -0.333 e. The smallest absolute Gasteiger partial charge is 0.332 e. The highest BCUT2D eigenvalue weighted by molar-refractivity contribution is 5.72. The summed E-state index contributed by atoms with van der Waals surface area (Å²) in [4.78, 5) is 30.4. The molecule has 2 heterocycles. The molecule has 0 aliphatic rings. The van der Waals surface area contributed by atoms with Crippen LogP contribution in [0.25, 0.3) is 11.2 Å². The second-order valence-electron chi connectivity index (χ2n) is 3.54. The van der Waals surface area contributed by atoms with Crippen molar-refractivity contribution in [1.82, 2.24) is 19.1 Å². The van der Waals surface area contributed by atoms with E-state index in [0.29, 0.717) is 11.6 Å². The van der Waals surface area contributed by atoms with Gasteiger partial charge in [0.05, 0.1) is 0 Å². The second kappa shape index (κ2) is 3.93. The first-order valence-corrected chi connectivity index (χ1v) is 4.92. The van der Waals surface area contributed by atoms with Gasteiger partial charge in [0, 0.05) is 14.1 Å². The zero-order valence-corrected chi connectivity index (χ0v) is 9.52. The molecule has 17 heavy (non-hydrogen) atoms. The summed E-state index contributed by atoms with van der Waals surface area (Å²) in [6, 6.07) is 0. The number of aryl methyl sites for hydroxylation is 1. The van der Waals surface area contributed by atoms with Crippen molar-refractivity contribution in [2.24, 2.45) is 14.1 Å². The standard InChI is InChI=1S/C10H12N5O2/c1-4-5-11-9-12-6-7(13-9)14(2)10(17)15(3)8(6)16/h4-5H,1H2,2-3H3,(H2,11,12,13). The molecular weight excluding hydrogens is 222 g/mol. The van der Waals surface area contributed by atoms with Crippen LogP contribution in [0, 0.1) is 6.92 Å². The maximum absolute atomic E-state index is 11.8. The summed E-state index contributed by atoms with van der Waals surface area (Å²) in [5.41, 5.74) is -0.205. The van der Waals surface area contributed by atoms with E-state index in [-0.39, 0.29) is 5.52 Å². The van der Waals surface area contributed by atoms with Crippen LogP contribution in [0.4, 0.5) is 5.95 Å². The molecule has 2 N–H and O–H groups in total. The van der Waals surface area contributed by atoms with Gasteiger partial charge in [0.2, 0.25) is 5.95 Å². The van der Waals surface area contributed by atoms with Crippen LogP contribution in [0.3, 0.4) is 0 Å². The van der Waals surface area contributed by atoms with Crippen molar-refractivity contribution < 1.29 is 0 Å². The Morgan fingerprint density at radius 2 is 2.06 bits per heavy atom. The molecule has 0 saturated heterocycles. The van der Waals surface area contributed by atoms with Crippen molar-refractivity contribution in [2.45, 2.75) is 0 Å². The topological polar surface area (TPSA) is 84.7 Å². The first kappa shape index (κ1) is 11.2. The molecule has 0 aromatic carbocycles. The zero-order valence-electron chi connectivity index (χ0n) is 9.52. The maximum Gasteiger partial charge on any atom is 0.332 e. The monoisotopic (exact) mass is 234 g/mol. The minimum atomic E-state index is -0.409. The molecule has 89 valence electrons. The number of nitrogens with one attached hydrogen (secondary N) is 2. The molecule has 0 bridgehead atoms. The highest BCUT2D eigenvalue weighted by Crippen LogP contribution is 2.07. The number of nitrogens with zero attached hydrogens (tertiary/aromatic N) is 3. The predicted molar refractivity (Wildman–Crippen MR) is 64.7 cm³/mol. The summed E-state index contributed by atoms with van der Waals surface area (Å²) in [6.07, 6.45) is 3.12. The number of aromatic amines is 1. The quantitative estimate of drug-likeness (QED) is 0.748. The van der Waals surface area contributed by atoms with E-state index in [1.807, 2.05) is 0 Å². The largest absolute Gasteiger partial charge is 0.333 e. The molecule has 2 rings (SSSR count). The van der Waals surface area contributed by atoms with Crippen LogP contribution in [0.1, 0.15) is 0 Å². The third kappa shape index (κ3) is 1.65. The summed E-state index contributed by atoms with van der Waals surface area (Å²) in [5, 5.41) is 2.80. The second-order valence-corrected chi connectivity index (χ2v) is 3.54. The molecule has 0 aliphatic carbocycles. The average molecular weight is 234 g/mol. The molecule has 0 saturated carbocycles. The Bertz CT molecular complexity index is 704. The molecule has 1 radical (unpaired) electrons. The molecule has 0 aliphatic heterocycles. The Morgan fingerprint density at radius 1 is 1.35 bits per heavy atom. The van der Waals surface area contributed by atoms with Gasteiger partial charge in [-0.1, -0.05) is 6.08 Å².